The molecule has 1 aliphatic rings. The fourth-order valence-electron chi connectivity index (χ4n) is 3.16. The van der Waals surface area contributed by atoms with Gasteiger partial charge in [0.2, 0.25) is 5.91 Å². The van der Waals surface area contributed by atoms with Crippen molar-refractivity contribution in [3.63, 3.8) is 0 Å². The first-order valence-electron chi connectivity index (χ1n) is 8.73. The smallest absolute Gasteiger partial charge is 0.324 e. The molecule has 0 spiro atoms. The quantitative estimate of drug-likeness (QED) is 0.749. The second kappa shape index (κ2) is 7.59. The van der Waals surface area contributed by atoms with E-state index in [1.54, 1.807) is 25.1 Å². The first-order chi connectivity index (χ1) is 13.3. The Morgan fingerprint density at radius 1 is 1.21 bits per heavy atom. The van der Waals surface area contributed by atoms with Crippen LogP contribution in [0, 0.1) is 12.7 Å². The van der Waals surface area contributed by atoms with E-state index in [1.165, 1.54) is 24.3 Å². The lowest BCUT2D eigenvalue weighted by Crippen LogP contribution is -2.44. The highest BCUT2D eigenvalue weighted by Gasteiger charge is 2.51. The van der Waals surface area contributed by atoms with E-state index in [0.29, 0.717) is 16.3 Å². The monoisotopic (exact) mass is 403 g/mol. The van der Waals surface area contributed by atoms with Gasteiger partial charge in [0.15, 0.2) is 0 Å². The fraction of sp³-hybridized carbons (Fsp3) is 0.250. The number of hydrogen-bond donors (Lipinski definition) is 2. The first-order valence-corrected chi connectivity index (χ1v) is 9.11. The highest BCUT2D eigenvalue weighted by Crippen LogP contribution is 2.32. The van der Waals surface area contributed by atoms with E-state index < -0.39 is 35.7 Å². The molecule has 1 heterocycles. The zero-order valence-electron chi connectivity index (χ0n) is 15.4. The number of amides is 4. The average molecular weight is 404 g/mol. The molecular weight excluding hydrogens is 385 g/mol. The lowest BCUT2D eigenvalue weighted by molar-refractivity contribution is -0.134. The van der Waals surface area contributed by atoms with Gasteiger partial charge >= 0.3 is 6.03 Å². The number of nitrogens with one attached hydrogen (secondary N) is 2. The van der Waals surface area contributed by atoms with Crippen LogP contribution in [-0.4, -0.2) is 29.3 Å². The highest BCUT2D eigenvalue weighted by molar-refractivity contribution is 6.31. The van der Waals surface area contributed by atoms with Crippen LogP contribution in [0.15, 0.2) is 42.5 Å². The summed E-state index contributed by atoms with van der Waals surface area (Å²) >= 11 is 6.04. The van der Waals surface area contributed by atoms with Gasteiger partial charge in [-0.05, 0) is 48.7 Å². The molecule has 1 aliphatic heterocycles. The molecule has 2 N–H and O–H groups in total. The third-order valence-electron chi connectivity index (χ3n) is 4.80. The Kier molecular flexibility index (Phi) is 5.38. The minimum absolute atomic E-state index is 0.259. The van der Waals surface area contributed by atoms with E-state index in [1.807, 2.05) is 6.92 Å². The molecule has 3 rings (SSSR count). The van der Waals surface area contributed by atoms with Crippen molar-refractivity contribution < 1.29 is 18.8 Å². The van der Waals surface area contributed by atoms with Crippen molar-refractivity contribution in [3.05, 3.63) is 64.4 Å². The zero-order valence-corrected chi connectivity index (χ0v) is 16.1. The van der Waals surface area contributed by atoms with Gasteiger partial charge in [-0.3, -0.25) is 14.5 Å². The number of imide groups is 1. The second-order valence-electron chi connectivity index (χ2n) is 6.60. The molecule has 2 aromatic carbocycles. The minimum atomic E-state index is -1.32. The molecule has 8 heteroatoms. The number of nitrogens with zero attached hydrogens (tertiary/aromatic N) is 1. The fourth-order valence-corrected chi connectivity index (χ4v) is 3.34. The molecule has 4 amide bonds. The van der Waals surface area contributed by atoms with Gasteiger partial charge in [0.25, 0.3) is 5.91 Å². The summed E-state index contributed by atoms with van der Waals surface area (Å²) < 4.78 is 13.2. The molecule has 0 bridgehead atoms. The van der Waals surface area contributed by atoms with Crippen LogP contribution in [0.4, 0.5) is 14.9 Å². The normalized spacial score (nSPS) is 18.9. The number of urea groups is 1. The van der Waals surface area contributed by atoms with Crippen LogP contribution in [0.1, 0.15) is 24.5 Å². The molecule has 1 saturated heterocycles. The van der Waals surface area contributed by atoms with Crippen LogP contribution < -0.4 is 10.6 Å². The maximum Gasteiger partial charge on any atom is 0.325 e. The van der Waals surface area contributed by atoms with Gasteiger partial charge in [-0.2, -0.15) is 0 Å². The van der Waals surface area contributed by atoms with Crippen molar-refractivity contribution >= 4 is 35.1 Å². The Bertz CT molecular complexity index is 948. The molecular formula is C20H19ClFN3O3. The maximum atomic E-state index is 13.2. The summed E-state index contributed by atoms with van der Waals surface area (Å²) in [4.78, 5) is 38.6. The lowest BCUT2D eigenvalue weighted by Gasteiger charge is -2.25. The standard InChI is InChI=1S/C20H19ClFN3O3/c1-3-20(13-5-7-14(22)8-6-13)18(27)25(19(28)24-20)11-17(26)23-15-9-4-12(2)16(21)10-15/h4-10H,3,11H2,1-2H3,(H,23,26)(H,24,28)/t20-/m0/s1. The molecule has 0 aromatic heterocycles. The number of benzene rings is 2. The van der Waals surface area contributed by atoms with E-state index in [2.05, 4.69) is 10.6 Å². The molecule has 2 aromatic rings. The molecule has 0 saturated carbocycles. The van der Waals surface area contributed by atoms with Gasteiger partial charge in [0.05, 0.1) is 0 Å². The summed E-state index contributed by atoms with van der Waals surface area (Å²) in [6.07, 6.45) is 0.259. The SMILES string of the molecule is CC[C@@]1(c2ccc(F)cc2)NC(=O)N(CC(=O)Nc2ccc(C)c(Cl)c2)C1=O. The molecule has 146 valence electrons. The highest BCUT2D eigenvalue weighted by atomic mass is 35.5. The van der Waals surface area contributed by atoms with Crippen LogP contribution in [0.5, 0.6) is 0 Å². The Balaban J connectivity index is 1.78. The Labute approximate surface area is 166 Å². The first kappa shape index (κ1) is 19.8. The van der Waals surface area contributed by atoms with Gasteiger partial charge in [-0.1, -0.05) is 36.7 Å². The van der Waals surface area contributed by atoms with E-state index >= 15 is 0 Å². The molecule has 0 radical (unpaired) electrons. The van der Waals surface area contributed by atoms with Gasteiger partial charge in [0, 0.05) is 10.7 Å². The second-order valence-corrected chi connectivity index (χ2v) is 7.01. The van der Waals surface area contributed by atoms with Crippen LogP contribution in [-0.2, 0) is 15.1 Å². The van der Waals surface area contributed by atoms with E-state index in [4.69, 9.17) is 11.6 Å². The van der Waals surface area contributed by atoms with Crippen molar-refractivity contribution in [2.45, 2.75) is 25.8 Å². The molecule has 1 fully saturated rings. The number of rotatable bonds is 5. The Morgan fingerprint density at radius 2 is 1.89 bits per heavy atom. The van der Waals surface area contributed by atoms with Crippen molar-refractivity contribution in [1.29, 1.82) is 0 Å². The number of halogens is 2. The lowest BCUT2D eigenvalue weighted by atomic mass is 9.87. The van der Waals surface area contributed by atoms with Crippen LogP contribution in [0.2, 0.25) is 5.02 Å². The number of hydrogen-bond acceptors (Lipinski definition) is 3. The van der Waals surface area contributed by atoms with Crippen molar-refractivity contribution in [3.8, 4) is 0 Å². The minimum Gasteiger partial charge on any atom is -0.324 e. The van der Waals surface area contributed by atoms with Crippen molar-refractivity contribution in [2.24, 2.45) is 0 Å². The molecule has 6 nitrogen and oxygen atoms in total. The zero-order chi connectivity index (χ0) is 20.5. The third-order valence-corrected chi connectivity index (χ3v) is 5.21. The van der Waals surface area contributed by atoms with Crippen LogP contribution in [0.25, 0.3) is 0 Å². The van der Waals surface area contributed by atoms with Gasteiger partial charge in [-0.15, -0.1) is 0 Å². The van der Waals surface area contributed by atoms with Gasteiger partial charge < -0.3 is 10.6 Å². The van der Waals surface area contributed by atoms with Crippen LogP contribution in [0.3, 0.4) is 0 Å². The maximum absolute atomic E-state index is 13.2. The third kappa shape index (κ3) is 3.57. The van der Waals surface area contributed by atoms with E-state index in [9.17, 15) is 18.8 Å². The Morgan fingerprint density at radius 3 is 2.50 bits per heavy atom. The van der Waals surface area contributed by atoms with Gasteiger partial charge in [0.1, 0.15) is 17.9 Å². The van der Waals surface area contributed by atoms with E-state index in [-0.39, 0.29) is 6.42 Å². The van der Waals surface area contributed by atoms with Gasteiger partial charge in [-0.25, -0.2) is 9.18 Å². The molecule has 28 heavy (non-hydrogen) atoms. The Hall–Kier alpha value is -2.93. The summed E-state index contributed by atoms with van der Waals surface area (Å²) in [5.74, 6) is -1.53. The van der Waals surface area contributed by atoms with Crippen LogP contribution >= 0.6 is 11.6 Å². The molecule has 1 atom stereocenters. The summed E-state index contributed by atoms with van der Waals surface area (Å²) in [5, 5.41) is 5.77. The predicted octanol–water partition coefficient (Wildman–Crippen LogP) is 3.58. The summed E-state index contributed by atoms with van der Waals surface area (Å²) in [5.41, 5.74) is 0.467. The molecule has 0 unspecified atom stereocenters. The number of aryl methyl sites for hydroxylation is 1. The van der Waals surface area contributed by atoms with E-state index in [0.717, 1.165) is 10.5 Å². The summed E-state index contributed by atoms with van der Waals surface area (Å²) in [7, 11) is 0. The number of carbonyl (C=O) groups excluding carboxylic acids is 3. The number of anilines is 1. The summed E-state index contributed by atoms with van der Waals surface area (Å²) in [6, 6.07) is 9.71. The largest absolute Gasteiger partial charge is 0.325 e. The number of carbonyl (C=O) groups is 3. The topological polar surface area (TPSA) is 78.5 Å². The molecule has 0 aliphatic carbocycles. The summed E-state index contributed by atoms with van der Waals surface area (Å²) in [6.45, 7) is 3.12. The van der Waals surface area contributed by atoms with Crippen molar-refractivity contribution in [1.82, 2.24) is 10.2 Å². The average Bonchev–Trinajstić information content (AvgIpc) is 2.90. The predicted molar refractivity (Wildman–Crippen MR) is 103 cm³/mol. The van der Waals surface area contributed by atoms with Crippen molar-refractivity contribution in [2.75, 3.05) is 11.9 Å².